The number of carbonyl (C=O) groups is 1. The van der Waals surface area contributed by atoms with Crippen molar-refractivity contribution in [3.8, 4) is 5.75 Å². The summed E-state index contributed by atoms with van der Waals surface area (Å²) < 4.78 is 5.40. The second kappa shape index (κ2) is 4.59. The number of allylic oxidation sites excluding steroid dienone is 1. The molecule has 0 fully saturated rings. The molecule has 0 aliphatic carbocycles. The van der Waals surface area contributed by atoms with Crippen molar-refractivity contribution in [2.24, 2.45) is 4.99 Å². The Kier molecular flexibility index (Phi) is 2.98. The van der Waals surface area contributed by atoms with Gasteiger partial charge in [-0.15, -0.1) is 0 Å². The molecule has 1 heterocycles. The minimum absolute atomic E-state index is 0.270. The summed E-state index contributed by atoms with van der Waals surface area (Å²) in [5.41, 5.74) is 2.27. The van der Waals surface area contributed by atoms with Crippen molar-refractivity contribution >= 4 is 17.8 Å². The Labute approximate surface area is 92.0 Å². The lowest BCUT2D eigenvalue weighted by Crippen LogP contribution is -2.19. The monoisotopic (exact) mass is 218 g/mol. The van der Waals surface area contributed by atoms with Crippen molar-refractivity contribution in [1.82, 2.24) is 5.48 Å². The Morgan fingerprint density at radius 3 is 3.19 bits per heavy atom. The summed E-state index contributed by atoms with van der Waals surface area (Å²) in [5.74, 6) is -0.0937. The fourth-order valence-electron chi connectivity index (χ4n) is 1.39. The van der Waals surface area contributed by atoms with Crippen LogP contribution in [-0.2, 0) is 0 Å². The van der Waals surface area contributed by atoms with Gasteiger partial charge in [-0.3, -0.25) is 15.0 Å². The molecule has 0 atom stereocenters. The van der Waals surface area contributed by atoms with Crippen molar-refractivity contribution in [2.75, 3.05) is 6.61 Å². The highest BCUT2D eigenvalue weighted by Gasteiger charge is 2.14. The van der Waals surface area contributed by atoms with Gasteiger partial charge in [-0.25, -0.2) is 5.48 Å². The lowest BCUT2D eigenvalue weighted by Gasteiger charge is -2.11. The molecule has 1 aromatic rings. The second-order valence-corrected chi connectivity index (χ2v) is 3.11. The predicted octanol–water partition coefficient (Wildman–Crippen LogP) is 1.46. The number of fused-ring (bicyclic) bond motifs is 1. The number of hydrogen-bond donors (Lipinski definition) is 2. The Hall–Kier alpha value is -2.14. The van der Waals surface area contributed by atoms with Crippen molar-refractivity contribution in [3.05, 3.63) is 35.9 Å². The first-order valence-corrected chi connectivity index (χ1v) is 4.72. The van der Waals surface area contributed by atoms with E-state index in [0.717, 1.165) is 0 Å². The van der Waals surface area contributed by atoms with E-state index in [0.29, 0.717) is 18.0 Å². The van der Waals surface area contributed by atoms with E-state index in [9.17, 15) is 4.79 Å². The molecule has 0 unspecified atom stereocenters. The molecule has 1 aromatic carbocycles. The van der Waals surface area contributed by atoms with Gasteiger partial charge in [0.15, 0.2) is 0 Å². The van der Waals surface area contributed by atoms with Gasteiger partial charge in [-0.2, -0.15) is 0 Å². The third-order valence-corrected chi connectivity index (χ3v) is 2.11. The molecule has 1 aliphatic heterocycles. The van der Waals surface area contributed by atoms with Crippen molar-refractivity contribution in [2.45, 2.75) is 0 Å². The molecule has 82 valence electrons. The lowest BCUT2D eigenvalue weighted by molar-refractivity contribution is 0.0707. The fraction of sp³-hybridized carbons (Fsp3) is 0.0909. The highest BCUT2D eigenvalue weighted by Crippen LogP contribution is 2.31. The first-order chi connectivity index (χ1) is 7.83. The van der Waals surface area contributed by atoms with Gasteiger partial charge >= 0.3 is 0 Å². The quantitative estimate of drug-likeness (QED) is 0.553. The van der Waals surface area contributed by atoms with Crippen LogP contribution in [0.4, 0.5) is 5.69 Å². The molecule has 0 saturated carbocycles. The highest BCUT2D eigenvalue weighted by molar-refractivity contribution is 6.00. The van der Waals surface area contributed by atoms with E-state index >= 15 is 0 Å². The van der Waals surface area contributed by atoms with Crippen LogP contribution in [0.2, 0.25) is 0 Å². The first kappa shape index (κ1) is 10.4. The topological polar surface area (TPSA) is 70.9 Å². The van der Waals surface area contributed by atoms with E-state index in [1.807, 2.05) is 6.08 Å². The summed E-state index contributed by atoms with van der Waals surface area (Å²) in [6.45, 7) is 0.420. The molecule has 5 heteroatoms. The second-order valence-electron chi connectivity index (χ2n) is 3.11. The van der Waals surface area contributed by atoms with E-state index in [-0.39, 0.29) is 5.56 Å². The van der Waals surface area contributed by atoms with Gasteiger partial charge in [0.05, 0.1) is 5.56 Å². The van der Waals surface area contributed by atoms with Crippen LogP contribution < -0.4 is 10.2 Å². The van der Waals surface area contributed by atoms with Crippen LogP contribution in [0, 0.1) is 0 Å². The number of para-hydroxylation sites is 1. The summed E-state index contributed by atoms with van der Waals surface area (Å²) in [7, 11) is 0. The van der Waals surface area contributed by atoms with Gasteiger partial charge < -0.3 is 4.74 Å². The number of hydroxylamine groups is 1. The number of benzene rings is 1. The minimum Gasteiger partial charge on any atom is -0.487 e. The zero-order valence-corrected chi connectivity index (χ0v) is 8.38. The zero-order chi connectivity index (χ0) is 11.4. The van der Waals surface area contributed by atoms with Gasteiger partial charge in [0.2, 0.25) is 0 Å². The van der Waals surface area contributed by atoms with Crippen molar-refractivity contribution in [1.29, 1.82) is 0 Å². The van der Waals surface area contributed by atoms with E-state index in [1.165, 1.54) is 0 Å². The molecule has 0 radical (unpaired) electrons. The summed E-state index contributed by atoms with van der Waals surface area (Å²) in [5, 5.41) is 8.61. The van der Waals surface area contributed by atoms with E-state index in [2.05, 4.69) is 4.99 Å². The molecule has 2 N–H and O–H groups in total. The molecule has 1 amide bonds. The fourth-order valence-corrected chi connectivity index (χ4v) is 1.39. The van der Waals surface area contributed by atoms with Crippen LogP contribution in [-0.4, -0.2) is 23.9 Å². The molecule has 2 rings (SSSR count). The molecular weight excluding hydrogens is 208 g/mol. The van der Waals surface area contributed by atoms with Gasteiger partial charge in [0, 0.05) is 6.21 Å². The van der Waals surface area contributed by atoms with Gasteiger partial charge in [0.25, 0.3) is 5.91 Å². The SMILES string of the molecule is O=C(NO)c1cccc2c1N=C/C=C\CO2. The van der Waals surface area contributed by atoms with Crippen molar-refractivity contribution < 1.29 is 14.7 Å². The molecule has 0 saturated heterocycles. The Balaban J connectivity index is 2.52. The van der Waals surface area contributed by atoms with Crippen LogP contribution >= 0.6 is 0 Å². The Morgan fingerprint density at radius 1 is 1.50 bits per heavy atom. The number of nitrogens with zero attached hydrogens (tertiary/aromatic N) is 1. The number of aliphatic imine (C=N–C) groups is 1. The third-order valence-electron chi connectivity index (χ3n) is 2.11. The maximum Gasteiger partial charge on any atom is 0.276 e. The van der Waals surface area contributed by atoms with Gasteiger partial charge in [-0.05, 0) is 24.3 Å². The summed E-state index contributed by atoms with van der Waals surface area (Å²) >= 11 is 0. The molecule has 16 heavy (non-hydrogen) atoms. The van der Waals surface area contributed by atoms with E-state index < -0.39 is 5.91 Å². The summed E-state index contributed by atoms with van der Waals surface area (Å²) in [6, 6.07) is 4.96. The van der Waals surface area contributed by atoms with E-state index in [1.54, 1.807) is 36.0 Å². The highest BCUT2D eigenvalue weighted by atomic mass is 16.5. The lowest BCUT2D eigenvalue weighted by atomic mass is 10.1. The Bertz CT molecular complexity index is 466. The number of ether oxygens (including phenoxy) is 1. The average molecular weight is 218 g/mol. The number of amides is 1. The van der Waals surface area contributed by atoms with Crippen LogP contribution in [0.15, 0.2) is 35.3 Å². The largest absolute Gasteiger partial charge is 0.487 e. The number of rotatable bonds is 1. The summed E-state index contributed by atoms with van der Waals surface area (Å²) in [4.78, 5) is 15.5. The maximum absolute atomic E-state index is 11.4. The standard InChI is InChI=1S/C11H10N2O3/c14-11(13-15)8-4-3-5-9-10(8)12-6-1-2-7-16-9/h1-6,15H,7H2,(H,13,14)/b2-1-,12-6?. The molecule has 5 nitrogen and oxygen atoms in total. The van der Waals surface area contributed by atoms with Crippen molar-refractivity contribution in [3.63, 3.8) is 0 Å². The minimum atomic E-state index is -0.609. The molecular formula is C11H10N2O3. The van der Waals surface area contributed by atoms with Crippen LogP contribution in [0.3, 0.4) is 0 Å². The van der Waals surface area contributed by atoms with Crippen LogP contribution in [0.25, 0.3) is 0 Å². The number of carbonyl (C=O) groups excluding carboxylic acids is 1. The third kappa shape index (κ3) is 1.94. The molecule has 0 spiro atoms. The van der Waals surface area contributed by atoms with E-state index in [4.69, 9.17) is 9.94 Å². The number of hydrogen-bond acceptors (Lipinski definition) is 4. The van der Waals surface area contributed by atoms with Crippen LogP contribution in [0.5, 0.6) is 5.75 Å². The average Bonchev–Trinajstić information content (AvgIpc) is 2.28. The zero-order valence-electron chi connectivity index (χ0n) is 8.38. The van der Waals surface area contributed by atoms with Gasteiger partial charge in [-0.1, -0.05) is 6.07 Å². The van der Waals surface area contributed by atoms with Gasteiger partial charge in [0.1, 0.15) is 18.0 Å². The Morgan fingerprint density at radius 2 is 2.38 bits per heavy atom. The normalized spacial score (nSPS) is 15.3. The first-order valence-electron chi connectivity index (χ1n) is 4.72. The number of nitrogens with one attached hydrogen (secondary N) is 1. The molecule has 1 aliphatic rings. The molecule has 0 aromatic heterocycles. The summed E-state index contributed by atoms with van der Waals surface area (Å²) in [6.07, 6.45) is 5.12. The predicted molar refractivity (Wildman–Crippen MR) is 58.5 cm³/mol. The maximum atomic E-state index is 11.4. The smallest absolute Gasteiger partial charge is 0.276 e. The molecule has 0 bridgehead atoms. The van der Waals surface area contributed by atoms with Crippen LogP contribution in [0.1, 0.15) is 10.4 Å².